The number of hydrogen-bond acceptors (Lipinski definition) is 5. The molecule has 26 heavy (non-hydrogen) atoms. The number of carbonyl (C=O) groups excluding carboxylic acids is 1. The molecule has 2 rings (SSSR count). The van der Waals surface area contributed by atoms with Crippen molar-refractivity contribution in [2.75, 3.05) is 14.2 Å². The SMILES string of the molecule is COc1ccc(/C=C/C(=O)O)cc1COc1ccc(C(C)=O)cc1OC. The number of carboxylic acid groups (broad SMARTS) is 1. The molecule has 2 aromatic rings. The maximum atomic E-state index is 11.5. The summed E-state index contributed by atoms with van der Waals surface area (Å²) in [6, 6.07) is 10.3. The minimum atomic E-state index is -1.02. The third kappa shape index (κ3) is 4.86. The lowest BCUT2D eigenvalue weighted by Crippen LogP contribution is -2.02. The van der Waals surface area contributed by atoms with Crippen LogP contribution in [0.1, 0.15) is 28.4 Å². The Morgan fingerprint density at radius 1 is 1.00 bits per heavy atom. The summed E-state index contributed by atoms with van der Waals surface area (Å²) in [5.74, 6) is 0.491. The van der Waals surface area contributed by atoms with Crippen LogP contribution >= 0.6 is 0 Å². The van der Waals surface area contributed by atoms with Crippen LogP contribution in [0.25, 0.3) is 6.08 Å². The van der Waals surface area contributed by atoms with Crippen LogP contribution in [0.15, 0.2) is 42.5 Å². The van der Waals surface area contributed by atoms with Gasteiger partial charge in [0.05, 0.1) is 14.2 Å². The minimum Gasteiger partial charge on any atom is -0.496 e. The van der Waals surface area contributed by atoms with Gasteiger partial charge in [0.15, 0.2) is 17.3 Å². The predicted octanol–water partition coefficient (Wildman–Crippen LogP) is 3.58. The highest BCUT2D eigenvalue weighted by Gasteiger charge is 2.10. The Labute approximate surface area is 151 Å². The van der Waals surface area contributed by atoms with Crippen molar-refractivity contribution >= 4 is 17.8 Å². The molecule has 0 saturated heterocycles. The second kappa shape index (κ2) is 8.71. The van der Waals surface area contributed by atoms with Gasteiger partial charge >= 0.3 is 5.97 Å². The Morgan fingerprint density at radius 3 is 2.31 bits per heavy atom. The van der Waals surface area contributed by atoms with Crippen LogP contribution in [0.4, 0.5) is 0 Å². The summed E-state index contributed by atoms with van der Waals surface area (Å²) in [7, 11) is 3.05. The van der Waals surface area contributed by atoms with Gasteiger partial charge in [-0.2, -0.15) is 0 Å². The molecule has 6 heteroatoms. The van der Waals surface area contributed by atoms with Gasteiger partial charge in [-0.3, -0.25) is 4.79 Å². The Hall–Kier alpha value is -3.28. The summed E-state index contributed by atoms with van der Waals surface area (Å²) in [4.78, 5) is 22.1. The normalized spacial score (nSPS) is 10.6. The van der Waals surface area contributed by atoms with Crippen molar-refractivity contribution < 1.29 is 28.9 Å². The van der Waals surface area contributed by atoms with Crippen LogP contribution in [0, 0.1) is 0 Å². The Kier molecular flexibility index (Phi) is 6.38. The van der Waals surface area contributed by atoms with E-state index in [0.29, 0.717) is 28.4 Å². The van der Waals surface area contributed by atoms with Crippen LogP contribution in [-0.2, 0) is 11.4 Å². The van der Waals surface area contributed by atoms with Crippen LogP contribution in [0.3, 0.4) is 0 Å². The molecule has 0 spiro atoms. The van der Waals surface area contributed by atoms with E-state index < -0.39 is 5.97 Å². The first-order valence-corrected chi connectivity index (χ1v) is 7.84. The fraction of sp³-hybridized carbons (Fsp3) is 0.200. The maximum Gasteiger partial charge on any atom is 0.328 e. The lowest BCUT2D eigenvalue weighted by molar-refractivity contribution is -0.131. The predicted molar refractivity (Wildman–Crippen MR) is 97.0 cm³/mol. The van der Waals surface area contributed by atoms with E-state index in [4.69, 9.17) is 19.3 Å². The molecule has 6 nitrogen and oxygen atoms in total. The number of ketones is 1. The molecule has 2 aromatic carbocycles. The van der Waals surface area contributed by atoms with Crippen molar-refractivity contribution in [2.45, 2.75) is 13.5 Å². The largest absolute Gasteiger partial charge is 0.496 e. The van der Waals surface area contributed by atoms with Crippen LogP contribution in [0.5, 0.6) is 17.2 Å². The number of aliphatic carboxylic acids is 1. The molecule has 0 bridgehead atoms. The van der Waals surface area contributed by atoms with Crippen molar-refractivity contribution in [1.82, 2.24) is 0 Å². The summed E-state index contributed by atoms with van der Waals surface area (Å²) in [5, 5.41) is 8.74. The highest BCUT2D eigenvalue weighted by molar-refractivity contribution is 5.94. The molecule has 0 fully saturated rings. The summed E-state index contributed by atoms with van der Waals surface area (Å²) in [6.07, 6.45) is 2.56. The Balaban J connectivity index is 2.24. The molecule has 0 aliphatic rings. The van der Waals surface area contributed by atoms with Gasteiger partial charge in [0.1, 0.15) is 12.4 Å². The number of carboxylic acids is 1. The van der Waals surface area contributed by atoms with Gasteiger partial charge in [-0.1, -0.05) is 6.07 Å². The molecule has 0 aromatic heterocycles. The van der Waals surface area contributed by atoms with Crippen molar-refractivity contribution in [1.29, 1.82) is 0 Å². The molecular weight excluding hydrogens is 336 g/mol. The molecule has 0 saturated carbocycles. The lowest BCUT2D eigenvalue weighted by atomic mass is 10.1. The topological polar surface area (TPSA) is 82.1 Å². The molecule has 0 heterocycles. The molecule has 0 aliphatic carbocycles. The van der Waals surface area contributed by atoms with Crippen LogP contribution < -0.4 is 14.2 Å². The van der Waals surface area contributed by atoms with E-state index in [9.17, 15) is 9.59 Å². The Bertz CT molecular complexity index is 838. The van der Waals surface area contributed by atoms with E-state index in [2.05, 4.69) is 0 Å². The average molecular weight is 356 g/mol. The van der Waals surface area contributed by atoms with Crippen molar-refractivity contribution in [3.8, 4) is 17.2 Å². The van der Waals surface area contributed by atoms with Crippen molar-refractivity contribution in [2.24, 2.45) is 0 Å². The van der Waals surface area contributed by atoms with Gasteiger partial charge in [0, 0.05) is 17.2 Å². The minimum absolute atomic E-state index is 0.0607. The molecule has 136 valence electrons. The van der Waals surface area contributed by atoms with E-state index in [-0.39, 0.29) is 12.4 Å². The van der Waals surface area contributed by atoms with E-state index in [0.717, 1.165) is 11.6 Å². The third-order valence-corrected chi connectivity index (χ3v) is 3.68. The fourth-order valence-electron chi connectivity index (χ4n) is 2.34. The van der Waals surface area contributed by atoms with E-state index >= 15 is 0 Å². The second-order valence-corrected chi connectivity index (χ2v) is 5.45. The Morgan fingerprint density at radius 2 is 1.69 bits per heavy atom. The van der Waals surface area contributed by atoms with E-state index in [1.807, 2.05) is 0 Å². The summed E-state index contributed by atoms with van der Waals surface area (Å²) < 4.78 is 16.4. The molecule has 1 N–H and O–H groups in total. The molecule has 0 unspecified atom stereocenters. The molecule has 0 atom stereocenters. The average Bonchev–Trinajstić information content (AvgIpc) is 2.64. The maximum absolute atomic E-state index is 11.5. The van der Waals surface area contributed by atoms with Crippen molar-refractivity contribution in [3.05, 3.63) is 59.2 Å². The van der Waals surface area contributed by atoms with Crippen LogP contribution in [0.2, 0.25) is 0 Å². The zero-order valence-corrected chi connectivity index (χ0v) is 14.8. The monoisotopic (exact) mass is 356 g/mol. The number of Topliss-reactive ketones (excluding diaryl/α,β-unsaturated/α-hetero) is 1. The standard InChI is InChI=1S/C20H20O6/c1-13(21)15-6-8-18(19(11-15)25-3)26-12-16-10-14(5-9-20(22)23)4-7-17(16)24-2/h4-11H,12H2,1-3H3,(H,22,23)/b9-5+. The zero-order chi connectivity index (χ0) is 19.1. The van der Waals surface area contributed by atoms with Gasteiger partial charge in [-0.15, -0.1) is 0 Å². The van der Waals surface area contributed by atoms with E-state index in [1.54, 1.807) is 43.5 Å². The summed E-state index contributed by atoms with van der Waals surface area (Å²) >= 11 is 0. The van der Waals surface area contributed by atoms with Gasteiger partial charge in [0.25, 0.3) is 0 Å². The van der Waals surface area contributed by atoms with Gasteiger partial charge in [0.2, 0.25) is 0 Å². The molecule has 0 aliphatic heterocycles. The number of methoxy groups -OCH3 is 2. The van der Waals surface area contributed by atoms with Gasteiger partial charge in [-0.25, -0.2) is 4.79 Å². The zero-order valence-electron chi connectivity index (χ0n) is 14.8. The molecule has 0 radical (unpaired) electrons. The first-order chi connectivity index (χ1) is 12.4. The summed E-state index contributed by atoms with van der Waals surface area (Å²) in [5.41, 5.74) is 2.00. The van der Waals surface area contributed by atoms with Crippen molar-refractivity contribution in [3.63, 3.8) is 0 Å². The quantitative estimate of drug-likeness (QED) is 0.575. The summed E-state index contributed by atoms with van der Waals surface area (Å²) in [6.45, 7) is 1.67. The first kappa shape index (κ1) is 19.1. The number of hydrogen-bond donors (Lipinski definition) is 1. The molecular formula is C20H20O6. The first-order valence-electron chi connectivity index (χ1n) is 7.84. The number of carbonyl (C=O) groups is 2. The lowest BCUT2D eigenvalue weighted by Gasteiger charge is -2.14. The smallest absolute Gasteiger partial charge is 0.328 e. The van der Waals surface area contributed by atoms with Gasteiger partial charge < -0.3 is 19.3 Å². The number of rotatable bonds is 8. The third-order valence-electron chi connectivity index (χ3n) is 3.68. The highest BCUT2D eigenvalue weighted by Crippen LogP contribution is 2.30. The fourth-order valence-corrected chi connectivity index (χ4v) is 2.34. The number of benzene rings is 2. The van der Waals surface area contributed by atoms with Gasteiger partial charge in [-0.05, 0) is 48.9 Å². The van der Waals surface area contributed by atoms with Crippen LogP contribution in [-0.4, -0.2) is 31.1 Å². The number of ether oxygens (including phenoxy) is 3. The second-order valence-electron chi connectivity index (χ2n) is 5.45. The van der Waals surface area contributed by atoms with E-state index in [1.165, 1.54) is 20.1 Å². The molecule has 0 amide bonds. The highest BCUT2D eigenvalue weighted by atomic mass is 16.5.